The van der Waals surface area contributed by atoms with E-state index in [1.807, 2.05) is 31.2 Å². The summed E-state index contributed by atoms with van der Waals surface area (Å²) in [5.41, 5.74) is 6.87. The number of hydrogen-bond donors (Lipinski definition) is 1. The standard InChI is InChI=1S/C14H22ClNO3/c1-11(16)14(12-5-3-4-6-13(12)15)19-10-9-18-8-7-17-2/h3-6,11,14H,7-10,16H2,1-2H3. The molecule has 1 aromatic rings. The molecule has 0 radical (unpaired) electrons. The van der Waals surface area contributed by atoms with Crippen molar-refractivity contribution in [1.29, 1.82) is 0 Å². The van der Waals surface area contributed by atoms with E-state index in [9.17, 15) is 0 Å². The molecule has 0 bridgehead atoms. The minimum absolute atomic E-state index is 0.140. The van der Waals surface area contributed by atoms with Crippen LogP contribution in [0.5, 0.6) is 0 Å². The Balaban J connectivity index is 2.44. The molecule has 2 unspecified atom stereocenters. The third-order valence-corrected chi connectivity index (χ3v) is 2.99. The first-order valence-electron chi connectivity index (χ1n) is 6.35. The van der Waals surface area contributed by atoms with Crippen molar-refractivity contribution < 1.29 is 14.2 Å². The van der Waals surface area contributed by atoms with Crippen LogP contribution in [0.3, 0.4) is 0 Å². The van der Waals surface area contributed by atoms with E-state index in [4.69, 9.17) is 31.5 Å². The lowest BCUT2D eigenvalue weighted by Gasteiger charge is -2.22. The van der Waals surface area contributed by atoms with E-state index < -0.39 is 0 Å². The topological polar surface area (TPSA) is 53.7 Å². The largest absolute Gasteiger partial charge is 0.382 e. The van der Waals surface area contributed by atoms with Gasteiger partial charge in [-0.25, -0.2) is 0 Å². The fraction of sp³-hybridized carbons (Fsp3) is 0.571. The number of hydrogen-bond acceptors (Lipinski definition) is 4. The molecule has 2 atom stereocenters. The first kappa shape index (κ1) is 16.4. The van der Waals surface area contributed by atoms with Crippen LogP contribution >= 0.6 is 11.6 Å². The summed E-state index contributed by atoms with van der Waals surface area (Å²) in [7, 11) is 1.64. The Bertz CT molecular complexity index is 360. The molecule has 0 heterocycles. The molecule has 4 nitrogen and oxygen atoms in total. The summed E-state index contributed by atoms with van der Waals surface area (Å²) in [6.07, 6.45) is -0.222. The molecule has 0 spiro atoms. The first-order valence-corrected chi connectivity index (χ1v) is 6.73. The predicted octanol–water partition coefficient (Wildman–Crippen LogP) is 2.41. The van der Waals surface area contributed by atoms with Crippen LogP contribution in [0.2, 0.25) is 5.02 Å². The summed E-state index contributed by atoms with van der Waals surface area (Å²) in [5.74, 6) is 0. The zero-order valence-corrected chi connectivity index (χ0v) is 12.2. The second kappa shape index (κ2) is 9.28. The van der Waals surface area contributed by atoms with Crippen molar-refractivity contribution in [2.45, 2.75) is 19.1 Å². The highest BCUT2D eigenvalue weighted by Gasteiger charge is 2.19. The van der Waals surface area contributed by atoms with Gasteiger partial charge in [0.15, 0.2) is 0 Å². The highest BCUT2D eigenvalue weighted by Crippen LogP contribution is 2.27. The van der Waals surface area contributed by atoms with Gasteiger partial charge in [-0.15, -0.1) is 0 Å². The average Bonchev–Trinajstić information content (AvgIpc) is 2.39. The van der Waals surface area contributed by atoms with Gasteiger partial charge in [0, 0.05) is 23.7 Å². The highest BCUT2D eigenvalue weighted by molar-refractivity contribution is 6.31. The Hall–Kier alpha value is -0.650. The van der Waals surface area contributed by atoms with Gasteiger partial charge in [-0.3, -0.25) is 0 Å². The molecule has 0 aliphatic heterocycles. The van der Waals surface area contributed by atoms with E-state index in [0.29, 0.717) is 31.5 Å². The molecular weight excluding hydrogens is 266 g/mol. The third kappa shape index (κ3) is 5.89. The predicted molar refractivity (Wildman–Crippen MR) is 76.5 cm³/mol. The van der Waals surface area contributed by atoms with E-state index in [-0.39, 0.29) is 12.1 Å². The van der Waals surface area contributed by atoms with Gasteiger partial charge in [0.05, 0.1) is 32.5 Å². The van der Waals surface area contributed by atoms with Crippen molar-refractivity contribution in [2.24, 2.45) is 5.73 Å². The maximum atomic E-state index is 6.16. The minimum atomic E-state index is -0.222. The second-order valence-corrected chi connectivity index (χ2v) is 4.68. The number of ether oxygens (including phenoxy) is 3. The van der Waals surface area contributed by atoms with Gasteiger partial charge in [0.1, 0.15) is 0 Å². The first-order chi connectivity index (χ1) is 9.16. The zero-order valence-electron chi connectivity index (χ0n) is 11.5. The lowest BCUT2D eigenvalue weighted by molar-refractivity contribution is -0.0141. The number of benzene rings is 1. The average molecular weight is 288 g/mol. The van der Waals surface area contributed by atoms with Crippen LogP contribution in [0.15, 0.2) is 24.3 Å². The fourth-order valence-corrected chi connectivity index (χ4v) is 1.95. The van der Waals surface area contributed by atoms with Gasteiger partial charge in [-0.1, -0.05) is 29.8 Å². The van der Waals surface area contributed by atoms with E-state index >= 15 is 0 Å². The molecule has 0 aromatic heterocycles. The Morgan fingerprint density at radius 3 is 2.47 bits per heavy atom. The lowest BCUT2D eigenvalue weighted by Crippen LogP contribution is -2.28. The molecule has 19 heavy (non-hydrogen) atoms. The molecule has 0 fully saturated rings. The van der Waals surface area contributed by atoms with Crippen molar-refractivity contribution in [1.82, 2.24) is 0 Å². The molecule has 0 aliphatic carbocycles. The minimum Gasteiger partial charge on any atom is -0.382 e. The van der Waals surface area contributed by atoms with Crippen molar-refractivity contribution in [3.05, 3.63) is 34.9 Å². The monoisotopic (exact) mass is 287 g/mol. The van der Waals surface area contributed by atoms with Crippen molar-refractivity contribution in [2.75, 3.05) is 33.5 Å². The maximum absolute atomic E-state index is 6.16. The van der Waals surface area contributed by atoms with Crippen LogP contribution in [0, 0.1) is 0 Å². The summed E-state index contributed by atoms with van der Waals surface area (Å²) >= 11 is 6.16. The van der Waals surface area contributed by atoms with Crippen LogP contribution < -0.4 is 5.73 Å². The van der Waals surface area contributed by atoms with Crippen LogP contribution in [-0.4, -0.2) is 39.6 Å². The SMILES string of the molecule is COCCOCCOC(c1ccccc1Cl)C(C)N. The maximum Gasteiger partial charge on any atom is 0.0988 e. The molecule has 0 aliphatic rings. The number of methoxy groups -OCH3 is 1. The molecule has 2 N–H and O–H groups in total. The van der Waals surface area contributed by atoms with E-state index in [1.165, 1.54) is 0 Å². The molecule has 0 amide bonds. The van der Waals surface area contributed by atoms with Crippen molar-refractivity contribution >= 4 is 11.6 Å². The third-order valence-electron chi connectivity index (χ3n) is 2.65. The summed E-state index contributed by atoms with van der Waals surface area (Å²) in [6, 6.07) is 7.44. The molecule has 0 saturated carbocycles. The summed E-state index contributed by atoms with van der Waals surface area (Å²) < 4.78 is 16.0. The Labute approximate surface area is 119 Å². The van der Waals surface area contributed by atoms with Crippen molar-refractivity contribution in [3.63, 3.8) is 0 Å². The molecule has 108 valence electrons. The molecule has 5 heteroatoms. The number of nitrogens with two attached hydrogens (primary N) is 1. The van der Waals surface area contributed by atoms with Gasteiger partial charge in [0.25, 0.3) is 0 Å². The molecule has 0 saturated heterocycles. The molecule has 1 rings (SSSR count). The van der Waals surface area contributed by atoms with E-state index in [2.05, 4.69) is 0 Å². The van der Waals surface area contributed by atoms with Crippen LogP contribution in [0.1, 0.15) is 18.6 Å². The van der Waals surface area contributed by atoms with Crippen LogP contribution in [0.25, 0.3) is 0 Å². The summed E-state index contributed by atoms with van der Waals surface area (Å²) in [4.78, 5) is 0. The number of rotatable bonds is 9. The second-order valence-electron chi connectivity index (χ2n) is 4.28. The van der Waals surface area contributed by atoms with Crippen molar-refractivity contribution in [3.8, 4) is 0 Å². The number of halogens is 1. The van der Waals surface area contributed by atoms with Gasteiger partial charge >= 0.3 is 0 Å². The van der Waals surface area contributed by atoms with E-state index in [0.717, 1.165) is 5.56 Å². The molecular formula is C14H22ClNO3. The van der Waals surface area contributed by atoms with Gasteiger partial charge < -0.3 is 19.9 Å². The van der Waals surface area contributed by atoms with Crippen LogP contribution in [-0.2, 0) is 14.2 Å². The normalized spacial score (nSPS) is 14.3. The van der Waals surface area contributed by atoms with Gasteiger partial charge in [-0.2, -0.15) is 0 Å². The zero-order chi connectivity index (χ0) is 14.1. The summed E-state index contributed by atoms with van der Waals surface area (Å²) in [5, 5.41) is 0.671. The van der Waals surface area contributed by atoms with Gasteiger partial charge in [0.2, 0.25) is 0 Å². The summed E-state index contributed by atoms with van der Waals surface area (Å²) in [6.45, 7) is 4.04. The lowest BCUT2D eigenvalue weighted by atomic mass is 10.0. The van der Waals surface area contributed by atoms with E-state index in [1.54, 1.807) is 7.11 Å². The molecule has 1 aromatic carbocycles. The quantitative estimate of drug-likeness (QED) is 0.709. The Morgan fingerprint density at radius 1 is 1.16 bits per heavy atom. The smallest absolute Gasteiger partial charge is 0.0988 e. The Kier molecular flexibility index (Phi) is 8.02. The highest BCUT2D eigenvalue weighted by atomic mass is 35.5. The van der Waals surface area contributed by atoms with Crippen LogP contribution in [0.4, 0.5) is 0 Å². The van der Waals surface area contributed by atoms with Gasteiger partial charge in [-0.05, 0) is 13.0 Å². The Morgan fingerprint density at radius 2 is 1.84 bits per heavy atom. The fourth-order valence-electron chi connectivity index (χ4n) is 1.71.